The highest BCUT2D eigenvalue weighted by atomic mass is 16.6. The lowest BCUT2D eigenvalue weighted by molar-refractivity contribution is -0.144. The maximum Gasteiger partial charge on any atom is 0.410 e. The highest BCUT2D eigenvalue weighted by molar-refractivity contribution is 5.75. The molecular weight excluding hydrogens is 308 g/mol. The highest BCUT2D eigenvalue weighted by Gasteiger charge is 2.32. The first-order valence-electron chi connectivity index (χ1n) is 8.19. The molecule has 0 bridgehead atoms. The molecule has 1 aliphatic heterocycles. The number of benzene rings is 1. The topological polar surface area (TPSA) is 70.1 Å². The Labute approximate surface area is 143 Å². The molecule has 1 aliphatic rings. The van der Waals surface area contributed by atoms with Gasteiger partial charge in [0.2, 0.25) is 0 Å². The van der Waals surface area contributed by atoms with Crippen LogP contribution in [0.15, 0.2) is 24.3 Å². The predicted octanol–water partition coefficient (Wildman–Crippen LogP) is 2.67. The predicted molar refractivity (Wildman–Crippen MR) is 90.9 cm³/mol. The van der Waals surface area contributed by atoms with Crippen molar-refractivity contribution in [1.82, 2.24) is 9.80 Å². The fourth-order valence-corrected chi connectivity index (χ4v) is 2.84. The summed E-state index contributed by atoms with van der Waals surface area (Å²) in [5, 5.41) is 9.65. The lowest BCUT2D eigenvalue weighted by atomic mass is 10.0. The standard InChI is InChI=1S/C18H26N2O4/c1-13-6-5-7-14(12-13)15(16(21)22)19-8-10-20(11-9-19)17(23)24-18(2,3)4/h5-7,12,15H,8-11H2,1-4H3,(H,21,22). The van der Waals surface area contributed by atoms with Gasteiger partial charge in [0.25, 0.3) is 0 Å². The Balaban J connectivity index is 2.04. The van der Waals surface area contributed by atoms with Crippen molar-refractivity contribution >= 4 is 12.1 Å². The van der Waals surface area contributed by atoms with E-state index in [2.05, 4.69) is 0 Å². The molecule has 0 saturated carbocycles. The van der Waals surface area contributed by atoms with Gasteiger partial charge in [0, 0.05) is 26.2 Å². The third kappa shape index (κ3) is 4.71. The van der Waals surface area contributed by atoms with E-state index < -0.39 is 17.6 Å². The number of hydrogen-bond acceptors (Lipinski definition) is 4. The summed E-state index contributed by atoms with van der Waals surface area (Å²) in [5.41, 5.74) is 1.28. The number of hydrogen-bond donors (Lipinski definition) is 1. The third-order valence-corrected chi connectivity index (χ3v) is 3.92. The van der Waals surface area contributed by atoms with Crippen molar-refractivity contribution in [2.24, 2.45) is 0 Å². The van der Waals surface area contributed by atoms with Gasteiger partial charge in [0.1, 0.15) is 11.6 Å². The van der Waals surface area contributed by atoms with Crippen LogP contribution in [0.2, 0.25) is 0 Å². The fourth-order valence-electron chi connectivity index (χ4n) is 2.84. The van der Waals surface area contributed by atoms with E-state index >= 15 is 0 Å². The van der Waals surface area contributed by atoms with Gasteiger partial charge in [-0.25, -0.2) is 4.79 Å². The number of aryl methyl sites for hydroxylation is 1. The average Bonchev–Trinajstić information content (AvgIpc) is 2.46. The molecule has 1 saturated heterocycles. The minimum atomic E-state index is -0.869. The van der Waals surface area contributed by atoms with Crippen LogP contribution in [0.1, 0.15) is 37.9 Å². The molecule has 0 radical (unpaired) electrons. The Kier molecular flexibility index (Phi) is 5.49. The van der Waals surface area contributed by atoms with Crippen LogP contribution < -0.4 is 0 Å². The normalized spacial score (nSPS) is 17.4. The summed E-state index contributed by atoms with van der Waals surface area (Å²) >= 11 is 0. The first-order valence-corrected chi connectivity index (χ1v) is 8.19. The number of piperazine rings is 1. The molecular formula is C18H26N2O4. The van der Waals surface area contributed by atoms with Gasteiger partial charge in [0.15, 0.2) is 0 Å². The molecule has 1 amide bonds. The van der Waals surface area contributed by atoms with E-state index in [0.717, 1.165) is 11.1 Å². The number of rotatable bonds is 3. The summed E-state index contributed by atoms with van der Waals surface area (Å²) in [7, 11) is 0. The average molecular weight is 334 g/mol. The van der Waals surface area contributed by atoms with Gasteiger partial charge in [-0.05, 0) is 33.3 Å². The van der Waals surface area contributed by atoms with Crippen molar-refractivity contribution in [1.29, 1.82) is 0 Å². The quantitative estimate of drug-likeness (QED) is 0.920. The van der Waals surface area contributed by atoms with Crippen molar-refractivity contribution < 1.29 is 19.4 Å². The molecule has 1 heterocycles. The van der Waals surface area contributed by atoms with Crippen LogP contribution in [0.25, 0.3) is 0 Å². The van der Waals surface area contributed by atoms with E-state index in [0.29, 0.717) is 26.2 Å². The Morgan fingerprint density at radius 3 is 2.29 bits per heavy atom. The van der Waals surface area contributed by atoms with Crippen LogP contribution in [-0.4, -0.2) is 58.7 Å². The van der Waals surface area contributed by atoms with Gasteiger partial charge in [-0.3, -0.25) is 9.69 Å². The van der Waals surface area contributed by atoms with Gasteiger partial charge in [-0.2, -0.15) is 0 Å². The number of carbonyl (C=O) groups excluding carboxylic acids is 1. The van der Waals surface area contributed by atoms with Gasteiger partial charge >= 0.3 is 12.1 Å². The van der Waals surface area contributed by atoms with Crippen molar-refractivity contribution in [3.8, 4) is 0 Å². The second-order valence-corrected chi connectivity index (χ2v) is 7.16. The molecule has 0 spiro atoms. The largest absolute Gasteiger partial charge is 0.480 e. The van der Waals surface area contributed by atoms with E-state index in [9.17, 15) is 14.7 Å². The molecule has 1 aromatic rings. The maximum atomic E-state index is 12.1. The van der Waals surface area contributed by atoms with Gasteiger partial charge in [-0.1, -0.05) is 29.8 Å². The van der Waals surface area contributed by atoms with Crippen LogP contribution in [0.4, 0.5) is 4.79 Å². The van der Waals surface area contributed by atoms with E-state index in [1.165, 1.54) is 0 Å². The van der Waals surface area contributed by atoms with Crippen molar-refractivity contribution in [2.45, 2.75) is 39.3 Å². The SMILES string of the molecule is Cc1cccc(C(C(=O)O)N2CCN(C(=O)OC(C)(C)C)CC2)c1. The summed E-state index contributed by atoms with van der Waals surface area (Å²) in [6.45, 7) is 9.38. The number of carboxylic acids is 1. The van der Waals surface area contributed by atoms with Crippen LogP contribution in [0.3, 0.4) is 0 Å². The molecule has 1 atom stereocenters. The minimum Gasteiger partial charge on any atom is -0.480 e. The van der Waals surface area contributed by atoms with Gasteiger partial charge in [-0.15, -0.1) is 0 Å². The number of ether oxygens (including phenoxy) is 1. The van der Waals surface area contributed by atoms with E-state index in [1.807, 2.05) is 56.9 Å². The Morgan fingerprint density at radius 2 is 1.79 bits per heavy atom. The first-order chi connectivity index (χ1) is 11.2. The molecule has 1 fully saturated rings. The molecule has 6 nitrogen and oxygen atoms in total. The Morgan fingerprint density at radius 1 is 1.17 bits per heavy atom. The monoisotopic (exact) mass is 334 g/mol. The highest BCUT2D eigenvalue weighted by Crippen LogP contribution is 2.24. The van der Waals surface area contributed by atoms with Crippen molar-refractivity contribution in [3.63, 3.8) is 0 Å². The Hall–Kier alpha value is -2.08. The molecule has 6 heteroatoms. The second-order valence-electron chi connectivity index (χ2n) is 7.16. The molecule has 24 heavy (non-hydrogen) atoms. The first kappa shape index (κ1) is 18.3. The third-order valence-electron chi connectivity index (χ3n) is 3.92. The molecule has 1 unspecified atom stereocenters. The zero-order valence-electron chi connectivity index (χ0n) is 14.8. The van der Waals surface area contributed by atoms with Crippen LogP contribution in [-0.2, 0) is 9.53 Å². The zero-order valence-corrected chi connectivity index (χ0v) is 14.8. The number of amides is 1. The van der Waals surface area contributed by atoms with Gasteiger partial charge < -0.3 is 14.7 Å². The summed E-state index contributed by atoms with van der Waals surface area (Å²) in [5.74, 6) is -0.869. The van der Waals surface area contributed by atoms with Crippen molar-refractivity contribution in [3.05, 3.63) is 35.4 Å². The van der Waals surface area contributed by atoms with E-state index in [4.69, 9.17) is 4.74 Å². The molecule has 0 aromatic heterocycles. The van der Waals surface area contributed by atoms with Crippen LogP contribution >= 0.6 is 0 Å². The van der Waals surface area contributed by atoms with Gasteiger partial charge in [0.05, 0.1) is 0 Å². The minimum absolute atomic E-state index is 0.343. The fraction of sp³-hybridized carbons (Fsp3) is 0.556. The molecule has 2 rings (SSSR count). The van der Waals surface area contributed by atoms with E-state index in [-0.39, 0.29) is 6.09 Å². The molecule has 1 N–H and O–H groups in total. The maximum absolute atomic E-state index is 12.1. The second kappa shape index (κ2) is 7.21. The summed E-state index contributed by atoms with van der Waals surface area (Å²) in [6.07, 6.45) is -0.343. The number of aliphatic carboxylic acids is 1. The number of carbonyl (C=O) groups is 2. The summed E-state index contributed by atoms with van der Waals surface area (Å²) in [6, 6.07) is 6.87. The zero-order chi connectivity index (χ0) is 17.9. The summed E-state index contributed by atoms with van der Waals surface area (Å²) in [4.78, 5) is 27.4. The lowest BCUT2D eigenvalue weighted by Crippen LogP contribution is -2.52. The molecule has 132 valence electrons. The van der Waals surface area contributed by atoms with Crippen LogP contribution in [0, 0.1) is 6.92 Å². The number of nitrogens with zero attached hydrogens (tertiary/aromatic N) is 2. The number of carboxylic acid groups (broad SMARTS) is 1. The van der Waals surface area contributed by atoms with Crippen molar-refractivity contribution in [2.75, 3.05) is 26.2 Å². The molecule has 0 aliphatic carbocycles. The smallest absolute Gasteiger partial charge is 0.410 e. The lowest BCUT2D eigenvalue weighted by Gasteiger charge is -2.38. The van der Waals surface area contributed by atoms with Crippen LogP contribution in [0.5, 0.6) is 0 Å². The molecule has 1 aromatic carbocycles. The Bertz CT molecular complexity index is 601. The van der Waals surface area contributed by atoms with E-state index in [1.54, 1.807) is 4.90 Å². The summed E-state index contributed by atoms with van der Waals surface area (Å²) < 4.78 is 5.37.